The Morgan fingerprint density at radius 1 is 0.853 bits per heavy atom. The summed E-state index contributed by atoms with van der Waals surface area (Å²) in [7, 11) is -4.40. The molecular formula is C24H32N2O6S2. The second-order valence-electron chi connectivity index (χ2n) is 8.72. The molecule has 2 aliphatic rings. The lowest BCUT2D eigenvalue weighted by atomic mass is 10.1. The molecule has 1 saturated heterocycles. The van der Waals surface area contributed by atoms with Crippen molar-refractivity contribution in [3.05, 3.63) is 48.0 Å². The molecule has 8 nitrogen and oxygen atoms in total. The number of hydrogen-bond acceptors (Lipinski definition) is 6. The molecule has 10 heteroatoms. The molecule has 2 aromatic rings. The van der Waals surface area contributed by atoms with Crippen LogP contribution in [-0.2, 0) is 26.6 Å². The van der Waals surface area contributed by atoms with Crippen LogP contribution in [0.3, 0.4) is 0 Å². The number of nitrogens with zero attached hydrogens (tertiary/aromatic N) is 2. The maximum Gasteiger partial charge on any atom is 0.243 e. The fraction of sp³-hybridized carbons (Fsp3) is 0.500. The molecule has 34 heavy (non-hydrogen) atoms. The molecular weight excluding hydrogens is 476 g/mol. The monoisotopic (exact) mass is 508 g/mol. The summed E-state index contributed by atoms with van der Waals surface area (Å²) in [6.07, 6.45) is 5.20. The molecule has 1 aliphatic carbocycles. The highest BCUT2D eigenvalue weighted by atomic mass is 32.2. The van der Waals surface area contributed by atoms with E-state index in [4.69, 9.17) is 9.47 Å². The van der Waals surface area contributed by atoms with E-state index >= 15 is 0 Å². The Morgan fingerprint density at radius 3 is 2.06 bits per heavy atom. The van der Waals surface area contributed by atoms with E-state index in [9.17, 15) is 16.8 Å². The Bertz CT molecular complexity index is 1200. The van der Waals surface area contributed by atoms with E-state index in [1.54, 1.807) is 13.2 Å². The summed E-state index contributed by atoms with van der Waals surface area (Å²) >= 11 is 0. The summed E-state index contributed by atoms with van der Waals surface area (Å²) in [5.41, 5.74) is 0.713. The third-order valence-corrected chi connectivity index (χ3v) is 10.5. The number of hydrogen-bond donors (Lipinski definition) is 0. The number of methoxy groups -OCH3 is 2. The maximum absolute atomic E-state index is 13.8. The Labute approximate surface area is 202 Å². The molecule has 0 unspecified atom stereocenters. The normalized spacial score (nSPS) is 18.0. The van der Waals surface area contributed by atoms with E-state index in [1.165, 1.54) is 40.0 Å². The first-order valence-electron chi connectivity index (χ1n) is 11.6. The zero-order valence-corrected chi connectivity index (χ0v) is 21.3. The van der Waals surface area contributed by atoms with Gasteiger partial charge in [0.15, 0.2) is 11.5 Å². The minimum atomic E-state index is -3.88. The van der Waals surface area contributed by atoms with Crippen molar-refractivity contribution in [3.63, 3.8) is 0 Å². The molecule has 0 amide bonds. The van der Waals surface area contributed by atoms with Crippen LogP contribution >= 0.6 is 0 Å². The average molecular weight is 509 g/mol. The van der Waals surface area contributed by atoms with Crippen LogP contribution in [0.15, 0.2) is 52.3 Å². The quantitative estimate of drug-likeness (QED) is 0.514. The van der Waals surface area contributed by atoms with Crippen LogP contribution in [0.25, 0.3) is 0 Å². The van der Waals surface area contributed by atoms with E-state index in [0.29, 0.717) is 30.2 Å². The van der Waals surface area contributed by atoms with Gasteiger partial charge in [-0.3, -0.25) is 0 Å². The molecule has 1 heterocycles. The smallest absolute Gasteiger partial charge is 0.243 e. The Balaban J connectivity index is 1.67. The fourth-order valence-electron chi connectivity index (χ4n) is 4.85. The maximum atomic E-state index is 13.8. The second-order valence-corrected chi connectivity index (χ2v) is 12.6. The van der Waals surface area contributed by atoms with Gasteiger partial charge in [0.2, 0.25) is 20.0 Å². The highest BCUT2D eigenvalue weighted by molar-refractivity contribution is 7.89. The summed E-state index contributed by atoms with van der Waals surface area (Å²) in [6, 6.07) is 10.9. The molecule has 1 saturated carbocycles. The lowest BCUT2D eigenvalue weighted by Crippen LogP contribution is -2.38. The molecule has 186 valence electrons. The van der Waals surface area contributed by atoms with Crippen LogP contribution in [0.4, 0.5) is 0 Å². The minimum Gasteiger partial charge on any atom is -0.493 e. The molecule has 2 fully saturated rings. The van der Waals surface area contributed by atoms with Gasteiger partial charge in [0.1, 0.15) is 0 Å². The number of para-hydroxylation sites is 1. The zero-order valence-electron chi connectivity index (χ0n) is 19.6. The van der Waals surface area contributed by atoms with Gasteiger partial charge in [-0.2, -0.15) is 8.61 Å². The standard InChI is InChI=1S/C24H32N2O6S2/c1-31-23-11-7-8-19(24(23)32-2)18-26(20-9-3-4-10-20)34(29,30)22-14-12-21(13-15-22)33(27,28)25-16-5-6-17-25/h7-8,11-15,20H,3-6,9-10,16-18H2,1-2H3. The van der Waals surface area contributed by atoms with Crippen molar-refractivity contribution in [2.75, 3.05) is 27.3 Å². The molecule has 0 atom stereocenters. The van der Waals surface area contributed by atoms with Gasteiger partial charge < -0.3 is 9.47 Å². The summed E-state index contributed by atoms with van der Waals surface area (Å²) in [5.74, 6) is 1.05. The summed E-state index contributed by atoms with van der Waals surface area (Å²) in [6.45, 7) is 1.14. The molecule has 0 bridgehead atoms. The third kappa shape index (κ3) is 4.82. The number of ether oxygens (including phenoxy) is 2. The molecule has 0 radical (unpaired) electrons. The third-order valence-electron chi connectivity index (χ3n) is 6.68. The van der Waals surface area contributed by atoms with Gasteiger partial charge in [-0.1, -0.05) is 25.0 Å². The van der Waals surface area contributed by atoms with Gasteiger partial charge in [-0.15, -0.1) is 0 Å². The highest BCUT2D eigenvalue weighted by Gasteiger charge is 2.35. The predicted octanol–water partition coefficient (Wildman–Crippen LogP) is 3.62. The van der Waals surface area contributed by atoms with Crippen molar-refractivity contribution in [2.24, 2.45) is 0 Å². The number of sulfonamides is 2. The Kier molecular flexibility index (Phi) is 7.51. The molecule has 2 aromatic carbocycles. The van der Waals surface area contributed by atoms with Crippen LogP contribution in [0.2, 0.25) is 0 Å². The van der Waals surface area contributed by atoms with Gasteiger partial charge in [0, 0.05) is 31.2 Å². The van der Waals surface area contributed by atoms with Gasteiger partial charge in [0.05, 0.1) is 24.0 Å². The van der Waals surface area contributed by atoms with E-state index in [0.717, 1.165) is 38.5 Å². The second kappa shape index (κ2) is 10.2. The first-order valence-corrected chi connectivity index (χ1v) is 14.5. The predicted molar refractivity (Wildman–Crippen MR) is 129 cm³/mol. The van der Waals surface area contributed by atoms with Crippen molar-refractivity contribution in [3.8, 4) is 11.5 Å². The highest BCUT2D eigenvalue weighted by Crippen LogP contribution is 2.36. The van der Waals surface area contributed by atoms with Crippen LogP contribution in [0, 0.1) is 0 Å². The van der Waals surface area contributed by atoms with Crippen molar-refractivity contribution < 1.29 is 26.3 Å². The van der Waals surface area contributed by atoms with Crippen LogP contribution < -0.4 is 9.47 Å². The summed E-state index contributed by atoms with van der Waals surface area (Å²) < 4.78 is 67.2. The van der Waals surface area contributed by atoms with Crippen molar-refractivity contribution in [1.82, 2.24) is 8.61 Å². The largest absolute Gasteiger partial charge is 0.493 e. The van der Waals surface area contributed by atoms with Crippen molar-refractivity contribution in [1.29, 1.82) is 0 Å². The Morgan fingerprint density at radius 2 is 1.47 bits per heavy atom. The SMILES string of the molecule is COc1cccc(CN(C2CCCC2)S(=O)(=O)c2ccc(S(=O)(=O)N3CCCC3)cc2)c1OC. The minimum absolute atomic E-state index is 0.0848. The van der Waals surface area contributed by atoms with Crippen LogP contribution in [0.1, 0.15) is 44.1 Å². The average Bonchev–Trinajstić information content (AvgIpc) is 3.57. The molecule has 0 spiro atoms. The van der Waals surface area contributed by atoms with Gasteiger partial charge >= 0.3 is 0 Å². The van der Waals surface area contributed by atoms with E-state index in [2.05, 4.69) is 0 Å². The van der Waals surface area contributed by atoms with Crippen LogP contribution in [0.5, 0.6) is 11.5 Å². The topological polar surface area (TPSA) is 93.2 Å². The lowest BCUT2D eigenvalue weighted by Gasteiger charge is -2.29. The molecule has 4 rings (SSSR count). The van der Waals surface area contributed by atoms with Crippen molar-refractivity contribution >= 4 is 20.0 Å². The first kappa shape index (κ1) is 25.0. The first-order chi connectivity index (χ1) is 16.3. The molecule has 0 aromatic heterocycles. The van der Waals surface area contributed by atoms with Gasteiger partial charge in [-0.05, 0) is 56.0 Å². The van der Waals surface area contributed by atoms with E-state index in [1.807, 2.05) is 12.1 Å². The zero-order chi connectivity index (χ0) is 24.3. The Hall–Kier alpha value is -2.14. The van der Waals surface area contributed by atoms with Crippen molar-refractivity contribution in [2.45, 2.75) is 60.9 Å². The summed E-state index contributed by atoms with van der Waals surface area (Å²) in [5, 5.41) is 0. The van der Waals surface area contributed by atoms with Crippen LogP contribution in [-0.4, -0.2) is 58.8 Å². The van der Waals surface area contributed by atoms with E-state index < -0.39 is 20.0 Å². The number of benzene rings is 2. The van der Waals surface area contributed by atoms with Gasteiger partial charge in [0.25, 0.3) is 0 Å². The molecule has 0 N–H and O–H groups in total. The molecule has 1 aliphatic heterocycles. The fourth-order valence-corrected chi connectivity index (χ4v) is 8.03. The summed E-state index contributed by atoms with van der Waals surface area (Å²) in [4.78, 5) is 0.205. The number of rotatable bonds is 9. The van der Waals surface area contributed by atoms with E-state index in [-0.39, 0.29) is 22.4 Å². The van der Waals surface area contributed by atoms with Gasteiger partial charge in [-0.25, -0.2) is 16.8 Å². The lowest BCUT2D eigenvalue weighted by molar-refractivity contribution is 0.304.